The highest BCUT2D eigenvalue weighted by Crippen LogP contribution is 2.13. The fourth-order valence-electron chi connectivity index (χ4n) is 1.82. The molecule has 0 saturated heterocycles. The molecule has 6 nitrogen and oxygen atoms in total. The van der Waals surface area contributed by atoms with Gasteiger partial charge in [-0.2, -0.15) is 5.10 Å². The molecule has 0 fully saturated rings. The first kappa shape index (κ1) is 15.1. The summed E-state index contributed by atoms with van der Waals surface area (Å²) in [5.74, 6) is 0.113. The van der Waals surface area contributed by atoms with Gasteiger partial charge < -0.3 is 5.11 Å². The van der Waals surface area contributed by atoms with Crippen molar-refractivity contribution in [2.45, 2.75) is 37.7 Å². The minimum atomic E-state index is -3.58. The van der Waals surface area contributed by atoms with Crippen molar-refractivity contribution >= 4 is 10.0 Å². The first-order chi connectivity index (χ1) is 8.40. The van der Waals surface area contributed by atoms with Gasteiger partial charge in [-0.1, -0.05) is 26.7 Å². The highest BCUT2D eigenvalue weighted by molar-refractivity contribution is 7.89. The lowest BCUT2D eigenvalue weighted by molar-refractivity contribution is 0.107. The van der Waals surface area contributed by atoms with Gasteiger partial charge in [-0.15, -0.1) is 0 Å². The second-order valence-corrected chi connectivity index (χ2v) is 6.11. The molecular formula is C11H21N3O3S. The Labute approximate surface area is 108 Å². The van der Waals surface area contributed by atoms with Gasteiger partial charge in [0.05, 0.1) is 12.3 Å². The average molecular weight is 275 g/mol. The standard InChI is InChI=1S/C11H21N3O3S/c1-4-9(5-2)11(15)7-13-18(16,17)10-6-12-14(3)8-10/h6,8-9,11,13,15H,4-5,7H2,1-3H3. The maximum atomic E-state index is 11.9. The fraction of sp³-hybridized carbons (Fsp3) is 0.727. The van der Waals surface area contributed by atoms with E-state index in [0.717, 1.165) is 12.8 Å². The van der Waals surface area contributed by atoms with Crippen LogP contribution in [0.15, 0.2) is 17.3 Å². The van der Waals surface area contributed by atoms with E-state index in [0.29, 0.717) is 0 Å². The Bertz CT molecular complexity index is 466. The first-order valence-electron chi connectivity index (χ1n) is 6.07. The molecule has 1 heterocycles. The summed E-state index contributed by atoms with van der Waals surface area (Å²) in [7, 11) is -1.93. The first-order valence-corrected chi connectivity index (χ1v) is 7.55. The number of sulfonamides is 1. The molecule has 0 amide bonds. The highest BCUT2D eigenvalue weighted by Gasteiger charge is 2.20. The number of aromatic nitrogens is 2. The Morgan fingerprint density at radius 1 is 1.44 bits per heavy atom. The smallest absolute Gasteiger partial charge is 0.243 e. The van der Waals surface area contributed by atoms with Gasteiger partial charge in [0.15, 0.2) is 0 Å². The van der Waals surface area contributed by atoms with Crippen LogP contribution in [-0.2, 0) is 17.1 Å². The van der Waals surface area contributed by atoms with Crippen LogP contribution < -0.4 is 4.72 Å². The van der Waals surface area contributed by atoms with E-state index in [1.54, 1.807) is 7.05 Å². The van der Waals surface area contributed by atoms with Crippen molar-refractivity contribution in [1.29, 1.82) is 0 Å². The van der Waals surface area contributed by atoms with Gasteiger partial charge >= 0.3 is 0 Å². The van der Waals surface area contributed by atoms with E-state index in [-0.39, 0.29) is 17.4 Å². The summed E-state index contributed by atoms with van der Waals surface area (Å²) >= 11 is 0. The largest absolute Gasteiger partial charge is 0.391 e. The van der Waals surface area contributed by atoms with E-state index < -0.39 is 16.1 Å². The molecule has 18 heavy (non-hydrogen) atoms. The minimum absolute atomic E-state index is 0.0313. The van der Waals surface area contributed by atoms with E-state index in [1.807, 2.05) is 13.8 Å². The van der Waals surface area contributed by atoms with Gasteiger partial charge in [0, 0.05) is 19.8 Å². The third kappa shape index (κ3) is 3.79. The van der Waals surface area contributed by atoms with Crippen molar-refractivity contribution < 1.29 is 13.5 Å². The lowest BCUT2D eigenvalue weighted by Crippen LogP contribution is -2.36. The third-order valence-corrected chi connectivity index (χ3v) is 4.45. The molecule has 2 N–H and O–H groups in total. The Morgan fingerprint density at radius 2 is 2.06 bits per heavy atom. The number of nitrogens with one attached hydrogen (secondary N) is 1. The highest BCUT2D eigenvalue weighted by atomic mass is 32.2. The molecule has 0 bridgehead atoms. The van der Waals surface area contributed by atoms with Crippen molar-refractivity contribution in [1.82, 2.24) is 14.5 Å². The van der Waals surface area contributed by atoms with Crippen LogP contribution in [0.2, 0.25) is 0 Å². The second-order valence-electron chi connectivity index (χ2n) is 4.35. The molecule has 104 valence electrons. The average Bonchev–Trinajstić information content (AvgIpc) is 2.76. The second kappa shape index (κ2) is 6.31. The molecule has 0 aliphatic heterocycles. The van der Waals surface area contributed by atoms with Crippen LogP contribution in [0.5, 0.6) is 0 Å². The van der Waals surface area contributed by atoms with Crippen LogP contribution in [0.1, 0.15) is 26.7 Å². The molecule has 7 heteroatoms. The predicted molar refractivity (Wildman–Crippen MR) is 68.5 cm³/mol. The Hall–Kier alpha value is -0.920. The molecule has 1 unspecified atom stereocenters. The van der Waals surface area contributed by atoms with Gasteiger partial charge in [-0.25, -0.2) is 13.1 Å². The topological polar surface area (TPSA) is 84.2 Å². The molecule has 0 aromatic carbocycles. The molecule has 1 atom stereocenters. The number of aliphatic hydroxyl groups is 1. The van der Waals surface area contributed by atoms with Crippen molar-refractivity contribution in [3.8, 4) is 0 Å². The molecule has 0 radical (unpaired) electrons. The van der Waals surface area contributed by atoms with Crippen molar-refractivity contribution in [3.63, 3.8) is 0 Å². The molecule has 0 aliphatic rings. The third-order valence-electron chi connectivity index (χ3n) is 3.07. The number of aryl methyl sites for hydroxylation is 1. The van der Waals surface area contributed by atoms with Crippen molar-refractivity contribution in [3.05, 3.63) is 12.4 Å². The zero-order chi connectivity index (χ0) is 13.8. The summed E-state index contributed by atoms with van der Waals surface area (Å²) in [5.41, 5.74) is 0. The molecule has 1 rings (SSSR count). The maximum absolute atomic E-state index is 11.9. The normalized spacial score (nSPS) is 14.1. The molecule has 0 spiro atoms. The van der Waals surface area contributed by atoms with Gasteiger partial charge in [-0.3, -0.25) is 4.68 Å². The number of hydrogen-bond donors (Lipinski definition) is 2. The summed E-state index contributed by atoms with van der Waals surface area (Å²) in [5, 5.41) is 13.7. The Morgan fingerprint density at radius 3 is 2.50 bits per heavy atom. The van der Waals surface area contributed by atoms with Crippen LogP contribution in [0.3, 0.4) is 0 Å². The van der Waals surface area contributed by atoms with Gasteiger partial charge in [0.25, 0.3) is 0 Å². The Balaban J connectivity index is 2.62. The number of nitrogens with zero attached hydrogens (tertiary/aromatic N) is 2. The van der Waals surface area contributed by atoms with Crippen LogP contribution in [-0.4, -0.2) is 36.0 Å². The van der Waals surface area contributed by atoms with Gasteiger partial charge in [0.2, 0.25) is 10.0 Å². The monoisotopic (exact) mass is 275 g/mol. The van der Waals surface area contributed by atoms with Gasteiger partial charge in [0.1, 0.15) is 4.90 Å². The molecule has 1 aromatic heterocycles. The van der Waals surface area contributed by atoms with E-state index in [9.17, 15) is 13.5 Å². The minimum Gasteiger partial charge on any atom is -0.391 e. The predicted octanol–water partition coefficient (Wildman–Crippen LogP) is 0.495. The fourth-order valence-corrected chi connectivity index (χ4v) is 2.85. The quantitative estimate of drug-likeness (QED) is 0.759. The van der Waals surface area contributed by atoms with Crippen molar-refractivity contribution in [2.24, 2.45) is 13.0 Å². The van der Waals surface area contributed by atoms with E-state index >= 15 is 0 Å². The molecule has 1 aromatic rings. The van der Waals surface area contributed by atoms with Gasteiger partial charge in [-0.05, 0) is 5.92 Å². The summed E-state index contributed by atoms with van der Waals surface area (Å²) in [6.45, 7) is 3.99. The van der Waals surface area contributed by atoms with Crippen molar-refractivity contribution in [2.75, 3.05) is 6.54 Å². The van der Waals surface area contributed by atoms with Crippen LogP contribution in [0, 0.1) is 5.92 Å². The Kier molecular flexibility index (Phi) is 5.30. The zero-order valence-electron chi connectivity index (χ0n) is 11.0. The van der Waals surface area contributed by atoms with E-state index in [1.165, 1.54) is 17.1 Å². The summed E-state index contributed by atoms with van der Waals surface area (Å²) in [6.07, 6.45) is 3.70. The summed E-state index contributed by atoms with van der Waals surface area (Å²) in [4.78, 5) is 0.113. The number of hydrogen-bond acceptors (Lipinski definition) is 4. The maximum Gasteiger partial charge on any atom is 0.243 e. The SMILES string of the molecule is CCC(CC)C(O)CNS(=O)(=O)c1cnn(C)c1. The van der Waals surface area contributed by atoms with Crippen LogP contribution >= 0.6 is 0 Å². The summed E-state index contributed by atoms with van der Waals surface area (Å²) < 4.78 is 27.6. The van der Waals surface area contributed by atoms with E-state index in [4.69, 9.17) is 0 Å². The summed E-state index contributed by atoms with van der Waals surface area (Å²) in [6, 6.07) is 0. The number of rotatable bonds is 7. The molecule has 0 aliphatic carbocycles. The molecular weight excluding hydrogens is 254 g/mol. The number of aliphatic hydroxyl groups excluding tert-OH is 1. The lowest BCUT2D eigenvalue weighted by atomic mass is 9.97. The zero-order valence-corrected chi connectivity index (χ0v) is 11.8. The molecule has 0 saturated carbocycles. The van der Waals surface area contributed by atoms with Crippen LogP contribution in [0.4, 0.5) is 0 Å². The lowest BCUT2D eigenvalue weighted by Gasteiger charge is -2.20. The van der Waals surface area contributed by atoms with E-state index in [2.05, 4.69) is 9.82 Å². The van der Waals surface area contributed by atoms with Crippen LogP contribution in [0.25, 0.3) is 0 Å².